The van der Waals surface area contributed by atoms with Crippen LogP contribution >= 0.6 is 0 Å². The molecular weight excluding hydrogens is 598 g/mol. The Morgan fingerprint density at radius 3 is 2.04 bits per heavy atom. The zero-order valence-electron chi connectivity index (χ0n) is 26.9. The number of ether oxygens (including phenoxy) is 1. The van der Waals surface area contributed by atoms with Crippen LogP contribution in [-0.4, -0.2) is 50.4 Å². The van der Waals surface area contributed by atoms with Gasteiger partial charge in [-0.25, -0.2) is 8.42 Å². The highest BCUT2D eigenvalue weighted by Gasteiger charge is 2.35. The SMILES string of the molecule is CCOc1ccc(N(CC(=O)N(Cc2ccccc2C)[C@@H](Cc2ccccc2)C(=O)N[C@H](C)CC)S(=O)(=O)c2ccccc2)cc1. The molecule has 4 rings (SSSR count). The zero-order valence-corrected chi connectivity index (χ0v) is 27.7. The summed E-state index contributed by atoms with van der Waals surface area (Å²) in [6.07, 6.45) is 0.978. The molecule has 1 N–H and O–H groups in total. The third-order valence-electron chi connectivity index (χ3n) is 7.92. The van der Waals surface area contributed by atoms with Crippen LogP contribution in [0.5, 0.6) is 5.75 Å². The Morgan fingerprint density at radius 1 is 0.826 bits per heavy atom. The summed E-state index contributed by atoms with van der Waals surface area (Å²) in [7, 11) is -4.17. The van der Waals surface area contributed by atoms with Crippen molar-refractivity contribution in [2.75, 3.05) is 17.5 Å². The first-order valence-corrected chi connectivity index (χ1v) is 17.1. The maximum absolute atomic E-state index is 14.6. The van der Waals surface area contributed by atoms with Crippen LogP contribution in [0.1, 0.15) is 43.9 Å². The molecule has 2 amide bonds. The van der Waals surface area contributed by atoms with Crippen molar-refractivity contribution in [1.29, 1.82) is 0 Å². The van der Waals surface area contributed by atoms with Crippen molar-refractivity contribution in [2.24, 2.45) is 0 Å². The average Bonchev–Trinajstić information content (AvgIpc) is 3.07. The fourth-order valence-corrected chi connectivity index (χ4v) is 6.53. The van der Waals surface area contributed by atoms with E-state index in [2.05, 4.69) is 5.32 Å². The summed E-state index contributed by atoms with van der Waals surface area (Å²) in [5.74, 6) is -0.212. The standard InChI is InChI=1S/C37H43N3O5S/c1-5-29(4)38-37(42)35(25-30-16-9-7-10-17-30)39(26-31-18-14-13-15-28(31)3)36(41)27-40(32-21-23-33(24-22-32)45-6-2)46(43,44)34-19-11-8-12-20-34/h7-24,29,35H,5-6,25-27H2,1-4H3,(H,38,42)/t29-,35+/m1/s1. The van der Waals surface area contributed by atoms with Crippen LogP contribution in [0.25, 0.3) is 0 Å². The van der Waals surface area contributed by atoms with Crippen LogP contribution in [0, 0.1) is 6.92 Å². The van der Waals surface area contributed by atoms with Crippen LogP contribution in [-0.2, 0) is 32.6 Å². The lowest BCUT2D eigenvalue weighted by Gasteiger charge is -2.34. The van der Waals surface area contributed by atoms with E-state index in [1.165, 1.54) is 17.0 Å². The highest BCUT2D eigenvalue weighted by molar-refractivity contribution is 7.92. The van der Waals surface area contributed by atoms with Gasteiger partial charge in [-0.1, -0.05) is 79.7 Å². The van der Waals surface area contributed by atoms with E-state index in [1.54, 1.807) is 42.5 Å². The predicted molar refractivity (Wildman–Crippen MR) is 182 cm³/mol. The summed E-state index contributed by atoms with van der Waals surface area (Å²) in [5, 5.41) is 3.07. The van der Waals surface area contributed by atoms with E-state index in [0.29, 0.717) is 18.0 Å². The summed E-state index contributed by atoms with van der Waals surface area (Å²) < 4.78 is 35.0. The first kappa shape index (κ1) is 34.2. The van der Waals surface area contributed by atoms with Crippen LogP contribution in [0.4, 0.5) is 5.69 Å². The molecule has 0 saturated heterocycles. The van der Waals surface area contributed by atoms with Crippen molar-refractivity contribution in [2.45, 2.75) is 64.1 Å². The Labute approximate surface area is 273 Å². The summed E-state index contributed by atoms with van der Waals surface area (Å²) in [6.45, 7) is 7.79. The fourth-order valence-electron chi connectivity index (χ4n) is 5.09. The molecule has 0 spiro atoms. The molecule has 2 atom stereocenters. The number of hydrogen-bond donors (Lipinski definition) is 1. The number of anilines is 1. The molecule has 0 aliphatic carbocycles. The number of rotatable bonds is 15. The second-order valence-electron chi connectivity index (χ2n) is 11.2. The first-order chi connectivity index (χ1) is 22.1. The number of sulfonamides is 1. The van der Waals surface area contributed by atoms with Gasteiger partial charge in [0.25, 0.3) is 10.0 Å². The third-order valence-corrected chi connectivity index (χ3v) is 9.71. The number of nitrogens with zero attached hydrogens (tertiary/aromatic N) is 2. The molecule has 0 aliphatic heterocycles. The molecule has 4 aromatic carbocycles. The molecule has 0 heterocycles. The molecule has 8 nitrogen and oxygen atoms in total. The Hall–Kier alpha value is -4.63. The molecule has 0 unspecified atom stereocenters. The molecule has 0 aliphatic rings. The molecule has 0 radical (unpaired) electrons. The van der Waals surface area contributed by atoms with Crippen molar-refractivity contribution in [3.05, 3.63) is 126 Å². The molecule has 9 heteroatoms. The monoisotopic (exact) mass is 641 g/mol. The topological polar surface area (TPSA) is 96.0 Å². The van der Waals surface area contributed by atoms with Crippen molar-refractivity contribution < 1.29 is 22.7 Å². The molecule has 242 valence electrons. The van der Waals surface area contributed by atoms with Gasteiger partial charge in [-0.05, 0) is 80.3 Å². The Bertz CT molecular complexity index is 1680. The number of amides is 2. The third kappa shape index (κ3) is 8.75. The minimum Gasteiger partial charge on any atom is -0.494 e. The summed E-state index contributed by atoms with van der Waals surface area (Å²) in [4.78, 5) is 30.1. The quantitative estimate of drug-likeness (QED) is 0.168. The van der Waals surface area contributed by atoms with Gasteiger partial charge in [-0.15, -0.1) is 0 Å². The van der Waals surface area contributed by atoms with E-state index in [0.717, 1.165) is 27.4 Å². The lowest BCUT2D eigenvalue weighted by molar-refractivity contribution is -0.140. The van der Waals surface area contributed by atoms with Gasteiger partial charge in [0.2, 0.25) is 11.8 Å². The normalized spacial score (nSPS) is 12.5. The molecule has 0 fully saturated rings. The highest BCUT2D eigenvalue weighted by Crippen LogP contribution is 2.27. The van der Waals surface area contributed by atoms with Crippen LogP contribution in [0.15, 0.2) is 114 Å². The second kappa shape index (κ2) is 16.1. The van der Waals surface area contributed by atoms with E-state index in [-0.39, 0.29) is 29.8 Å². The smallest absolute Gasteiger partial charge is 0.264 e. The average molecular weight is 642 g/mol. The minimum absolute atomic E-state index is 0.0532. The largest absolute Gasteiger partial charge is 0.494 e. The lowest BCUT2D eigenvalue weighted by atomic mass is 10.0. The van der Waals surface area contributed by atoms with Gasteiger partial charge in [0.05, 0.1) is 17.2 Å². The summed E-state index contributed by atoms with van der Waals surface area (Å²) in [6, 6.07) is 30.9. The molecule has 4 aromatic rings. The van der Waals surface area contributed by atoms with Crippen molar-refractivity contribution >= 4 is 27.5 Å². The van der Waals surface area contributed by atoms with Crippen molar-refractivity contribution in [1.82, 2.24) is 10.2 Å². The minimum atomic E-state index is -4.17. The highest BCUT2D eigenvalue weighted by atomic mass is 32.2. The van der Waals surface area contributed by atoms with Crippen LogP contribution < -0.4 is 14.4 Å². The number of carbonyl (C=O) groups excluding carboxylic acids is 2. The van der Waals surface area contributed by atoms with Gasteiger partial charge in [0.15, 0.2) is 0 Å². The van der Waals surface area contributed by atoms with Crippen LogP contribution in [0.3, 0.4) is 0 Å². The predicted octanol–water partition coefficient (Wildman–Crippen LogP) is 6.14. The van der Waals surface area contributed by atoms with Crippen molar-refractivity contribution in [3.63, 3.8) is 0 Å². The molecule has 0 aromatic heterocycles. The Morgan fingerprint density at radius 2 is 1.43 bits per heavy atom. The number of hydrogen-bond acceptors (Lipinski definition) is 5. The first-order valence-electron chi connectivity index (χ1n) is 15.6. The lowest BCUT2D eigenvalue weighted by Crippen LogP contribution is -2.54. The van der Waals surface area contributed by atoms with E-state index in [4.69, 9.17) is 4.74 Å². The van der Waals surface area contributed by atoms with E-state index >= 15 is 0 Å². The number of aryl methyl sites for hydroxylation is 1. The maximum atomic E-state index is 14.6. The van der Waals surface area contributed by atoms with Gasteiger partial charge in [-0.3, -0.25) is 13.9 Å². The Kier molecular flexibility index (Phi) is 12.0. The van der Waals surface area contributed by atoms with Gasteiger partial charge in [0.1, 0.15) is 18.3 Å². The summed E-state index contributed by atoms with van der Waals surface area (Å²) in [5.41, 5.74) is 3.01. The van der Waals surface area contributed by atoms with Gasteiger partial charge < -0.3 is 15.0 Å². The Balaban J connectivity index is 1.81. The number of carbonyl (C=O) groups is 2. The number of benzene rings is 4. The van der Waals surface area contributed by atoms with Gasteiger partial charge >= 0.3 is 0 Å². The number of nitrogens with one attached hydrogen (secondary N) is 1. The van der Waals surface area contributed by atoms with E-state index in [1.807, 2.05) is 82.3 Å². The van der Waals surface area contributed by atoms with Crippen molar-refractivity contribution in [3.8, 4) is 5.75 Å². The zero-order chi connectivity index (χ0) is 33.1. The fraction of sp³-hybridized carbons (Fsp3) is 0.297. The van der Waals surface area contributed by atoms with E-state index in [9.17, 15) is 18.0 Å². The molecular formula is C37H43N3O5S. The van der Waals surface area contributed by atoms with E-state index < -0.39 is 28.5 Å². The maximum Gasteiger partial charge on any atom is 0.264 e. The summed E-state index contributed by atoms with van der Waals surface area (Å²) >= 11 is 0. The van der Waals surface area contributed by atoms with Gasteiger partial charge in [0, 0.05) is 19.0 Å². The molecule has 46 heavy (non-hydrogen) atoms. The van der Waals surface area contributed by atoms with Gasteiger partial charge in [-0.2, -0.15) is 0 Å². The molecule has 0 saturated carbocycles. The van der Waals surface area contributed by atoms with Crippen LogP contribution in [0.2, 0.25) is 0 Å². The molecule has 0 bridgehead atoms. The second-order valence-corrected chi connectivity index (χ2v) is 13.1.